The van der Waals surface area contributed by atoms with Gasteiger partial charge in [-0.05, 0) is 91.8 Å². The van der Waals surface area contributed by atoms with Gasteiger partial charge in [-0.15, -0.1) is 0 Å². The number of carbonyl (C=O) groups is 1. The molecule has 0 aromatic heterocycles. The SMILES string of the molecule is CCC1(c2ccc(F)cc2)N=C(C)N(CC2CCN(CC(C)Cc3ccc(C(C)(C)C)cc3)CC2)C1=O. The first-order valence-electron chi connectivity index (χ1n) is 14.0. The van der Waals surface area contributed by atoms with E-state index in [1.807, 2.05) is 18.7 Å². The summed E-state index contributed by atoms with van der Waals surface area (Å²) in [7, 11) is 0. The predicted molar refractivity (Wildman–Crippen MR) is 150 cm³/mol. The lowest BCUT2D eigenvalue weighted by molar-refractivity contribution is -0.132. The van der Waals surface area contributed by atoms with Crippen molar-refractivity contribution in [3.8, 4) is 0 Å². The van der Waals surface area contributed by atoms with Crippen LogP contribution in [0.15, 0.2) is 53.5 Å². The zero-order valence-corrected chi connectivity index (χ0v) is 23.6. The zero-order chi connectivity index (χ0) is 26.8. The van der Waals surface area contributed by atoms with E-state index in [4.69, 9.17) is 4.99 Å². The van der Waals surface area contributed by atoms with Gasteiger partial charge in [0.15, 0.2) is 5.54 Å². The van der Waals surface area contributed by atoms with Crippen molar-refractivity contribution in [2.45, 2.75) is 78.2 Å². The monoisotopic (exact) mass is 505 g/mol. The molecular weight excluding hydrogens is 461 g/mol. The molecule has 2 aromatic carbocycles. The van der Waals surface area contributed by atoms with Crippen molar-refractivity contribution in [1.29, 1.82) is 0 Å². The summed E-state index contributed by atoms with van der Waals surface area (Å²) >= 11 is 0. The third kappa shape index (κ3) is 6.14. The van der Waals surface area contributed by atoms with Crippen molar-refractivity contribution in [3.05, 3.63) is 71.0 Å². The number of benzene rings is 2. The smallest absolute Gasteiger partial charge is 0.260 e. The number of amides is 1. The van der Waals surface area contributed by atoms with E-state index in [0.717, 1.165) is 56.8 Å². The van der Waals surface area contributed by atoms with Crippen LogP contribution in [0.25, 0.3) is 0 Å². The van der Waals surface area contributed by atoms with E-state index < -0.39 is 5.54 Å². The summed E-state index contributed by atoms with van der Waals surface area (Å²) in [5.41, 5.74) is 2.85. The van der Waals surface area contributed by atoms with Gasteiger partial charge < -0.3 is 4.90 Å². The second-order valence-corrected chi connectivity index (χ2v) is 12.3. The quantitative estimate of drug-likeness (QED) is 0.406. The number of piperidine rings is 1. The fourth-order valence-corrected chi connectivity index (χ4v) is 5.98. The van der Waals surface area contributed by atoms with Gasteiger partial charge in [0, 0.05) is 13.1 Å². The van der Waals surface area contributed by atoms with Gasteiger partial charge in [-0.1, -0.05) is 71.0 Å². The summed E-state index contributed by atoms with van der Waals surface area (Å²) < 4.78 is 13.5. The van der Waals surface area contributed by atoms with Crippen LogP contribution in [0, 0.1) is 17.7 Å². The zero-order valence-electron chi connectivity index (χ0n) is 23.6. The molecule has 4 nitrogen and oxygen atoms in total. The normalized spacial score (nSPS) is 22.4. The van der Waals surface area contributed by atoms with Crippen molar-refractivity contribution >= 4 is 11.7 Å². The van der Waals surface area contributed by atoms with Crippen LogP contribution in [-0.4, -0.2) is 47.7 Å². The fourth-order valence-electron chi connectivity index (χ4n) is 5.98. The van der Waals surface area contributed by atoms with E-state index in [9.17, 15) is 9.18 Å². The van der Waals surface area contributed by atoms with Crippen molar-refractivity contribution in [2.24, 2.45) is 16.8 Å². The molecule has 1 amide bonds. The molecule has 0 N–H and O–H groups in total. The van der Waals surface area contributed by atoms with Crippen LogP contribution >= 0.6 is 0 Å². The molecule has 2 aliphatic rings. The maximum atomic E-state index is 13.6. The van der Waals surface area contributed by atoms with Crippen molar-refractivity contribution in [2.75, 3.05) is 26.2 Å². The third-order valence-electron chi connectivity index (χ3n) is 8.30. The molecule has 200 valence electrons. The van der Waals surface area contributed by atoms with Crippen LogP contribution in [0.2, 0.25) is 0 Å². The van der Waals surface area contributed by atoms with Crippen LogP contribution in [0.5, 0.6) is 0 Å². The molecular formula is C32H44FN3O. The molecule has 0 aliphatic carbocycles. The van der Waals surface area contributed by atoms with Gasteiger partial charge in [0.1, 0.15) is 11.7 Å². The Labute approximate surface area is 223 Å². The molecule has 5 heteroatoms. The highest BCUT2D eigenvalue weighted by molar-refractivity contribution is 6.07. The first-order valence-corrected chi connectivity index (χ1v) is 14.0. The Kier molecular flexibility index (Phi) is 8.23. The lowest BCUT2D eigenvalue weighted by atomic mass is 9.86. The molecule has 2 atom stereocenters. The second kappa shape index (κ2) is 11.1. The molecule has 0 saturated carbocycles. The largest absolute Gasteiger partial charge is 0.303 e. The molecule has 1 fully saturated rings. The summed E-state index contributed by atoms with van der Waals surface area (Å²) in [6.45, 7) is 17.0. The molecule has 0 radical (unpaired) electrons. The molecule has 1 saturated heterocycles. The van der Waals surface area contributed by atoms with Gasteiger partial charge in [0.05, 0.1) is 0 Å². The highest BCUT2D eigenvalue weighted by atomic mass is 19.1. The number of rotatable bonds is 8. The minimum Gasteiger partial charge on any atom is -0.303 e. The minimum atomic E-state index is -0.918. The van der Waals surface area contributed by atoms with E-state index in [-0.39, 0.29) is 17.1 Å². The topological polar surface area (TPSA) is 35.9 Å². The number of hydrogen-bond acceptors (Lipinski definition) is 3. The average Bonchev–Trinajstić information content (AvgIpc) is 3.10. The first kappa shape index (κ1) is 27.5. The maximum absolute atomic E-state index is 13.6. The Balaban J connectivity index is 1.28. The van der Waals surface area contributed by atoms with E-state index in [2.05, 4.69) is 56.9 Å². The van der Waals surface area contributed by atoms with Crippen molar-refractivity contribution in [1.82, 2.24) is 9.80 Å². The molecule has 2 aliphatic heterocycles. The average molecular weight is 506 g/mol. The van der Waals surface area contributed by atoms with E-state index in [1.54, 1.807) is 12.1 Å². The Morgan fingerprint density at radius 3 is 2.24 bits per heavy atom. The van der Waals surface area contributed by atoms with Crippen LogP contribution in [0.4, 0.5) is 4.39 Å². The maximum Gasteiger partial charge on any atom is 0.260 e. The van der Waals surface area contributed by atoms with Gasteiger partial charge in [0.2, 0.25) is 0 Å². The highest BCUT2D eigenvalue weighted by Crippen LogP contribution is 2.38. The number of aliphatic imine (C=N–C) groups is 1. The van der Waals surface area contributed by atoms with E-state index >= 15 is 0 Å². The summed E-state index contributed by atoms with van der Waals surface area (Å²) in [6.07, 6.45) is 3.87. The standard InChI is InChI=1S/C32H44FN3O/c1-7-32(28-12-14-29(33)15-13-28)30(37)36(24(3)34-32)22-26-16-18-35(19-17-26)21-23(2)20-25-8-10-27(11-9-25)31(4,5)6/h8-15,23,26H,7,16-22H2,1-6H3. The summed E-state index contributed by atoms with van der Waals surface area (Å²) in [6, 6.07) is 15.4. The molecule has 4 rings (SSSR count). The van der Waals surface area contributed by atoms with E-state index in [0.29, 0.717) is 18.3 Å². The molecule has 2 aromatic rings. The lowest BCUT2D eigenvalue weighted by Gasteiger charge is -2.35. The van der Waals surface area contributed by atoms with Gasteiger partial charge >= 0.3 is 0 Å². The Bertz CT molecular complexity index is 1090. The number of hydrogen-bond donors (Lipinski definition) is 0. The molecule has 0 bridgehead atoms. The highest BCUT2D eigenvalue weighted by Gasteiger charge is 2.47. The van der Waals surface area contributed by atoms with Gasteiger partial charge in [-0.3, -0.25) is 14.7 Å². The molecule has 0 spiro atoms. The van der Waals surface area contributed by atoms with Crippen LogP contribution in [0.3, 0.4) is 0 Å². The summed E-state index contributed by atoms with van der Waals surface area (Å²) in [4.78, 5) is 22.9. The van der Waals surface area contributed by atoms with Crippen molar-refractivity contribution < 1.29 is 9.18 Å². The van der Waals surface area contributed by atoms with Crippen LogP contribution < -0.4 is 0 Å². The van der Waals surface area contributed by atoms with Gasteiger partial charge in [0.25, 0.3) is 5.91 Å². The van der Waals surface area contributed by atoms with Crippen molar-refractivity contribution in [3.63, 3.8) is 0 Å². The number of amidine groups is 1. The number of carbonyl (C=O) groups excluding carboxylic acids is 1. The molecule has 2 unspecified atom stereocenters. The predicted octanol–water partition coefficient (Wildman–Crippen LogP) is 6.58. The number of halogens is 1. The lowest BCUT2D eigenvalue weighted by Crippen LogP contribution is -2.45. The fraction of sp³-hybridized carbons (Fsp3) is 0.562. The molecule has 37 heavy (non-hydrogen) atoms. The molecule has 2 heterocycles. The van der Waals surface area contributed by atoms with Gasteiger partial charge in [-0.25, -0.2) is 4.39 Å². The Morgan fingerprint density at radius 2 is 1.68 bits per heavy atom. The van der Waals surface area contributed by atoms with Crippen LogP contribution in [-0.2, 0) is 22.2 Å². The Hall–Kier alpha value is -2.53. The van der Waals surface area contributed by atoms with Crippen LogP contribution in [0.1, 0.15) is 77.5 Å². The number of likely N-dealkylation sites (tertiary alicyclic amines) is 1. The summed E-state index contributed by atoms with van der Waals surface area (Å²) in [5, 5.41) is 0. The van der Waals surface area contributed by atoms with Gasteiger partial charge in [-0.2, -0.15) is 0 Å². The minimum absolute atomic E-state index is 0.0349. The van der Waals surface area contributed by atoms with E-state index in [1.165, 1.54) is 23.3 Å². The second-order valence-electron chi connectivity index (χ2n) is 12.3. The number of nitrogens with zero attached hydrogens (tertiary/aromatic N) is 3. The first-order chi connectivity index (χ1) is 17.5. The summed E-state index contributed by atoms with van der Waals surface area (Å²) in [5.74, 6) is 1.61. The third-order valence-corrected chi connectivity index (χ3v) is 8.30. The Morgan fingerprint density at radius 1 is 1.05 bits per heavy atom.